The van der Waals surface area contributed by atoms with Gasteiger partial charge in [-0.25, -0.2) is 4.39 Å². The highest BCUT2D eigenvalue weighted by molar-refractivity contribution is 6.30. The lowest BCUT2D eigenvalue weighted by atomic mass is 9.49. The number of carbonyl (C=O) groups is 4. The molecule has 0 radical (unpaired) electrons. The zero-order valence-corrected chi connectivity index (χ0v) is 31.8. The number of allylic oxidation sites excluding steroid dienone is 2. The third kappa shape index (κ3) is 5.89. The van der Waals surface area contributed by atoms with Crippen molar-refractivity contribution in [3.8, 4) is 11.5 Å². The molecule has 2 aliphatic carbocycles. The minimum Gasteiger partial charge on any atom is -0.508 e. The van der Waals surface area contributed by atoms with Gasteiger partial charge in [-0.05, 0) is 90.0 Å². The van der Waals surface area contributed by atoms with E-state index < -0.39 is 52.6 Å². The summed E-state index contributed by atoms with van der Waals surface area (Å²) in [5.74, 6) is -6.41. The van der Waals surface area contributed by atoms with Crippen LogP contribution in [-0.4, -0.2) is 33.7 Å². The lowest BCUT2D eigenvalue weighted by Gasteiger charge is -2.50. The van der Waals surface area contributed by atoms with Gasteiger partial charge in [0.2, 0.25) is 11.8 Å². The fourth-order valence-electron chi connectivity index (χ4n) is 9.61. The van der Waals surface area contributed by atoms with Crippen molar-refractivity contribution in [3.05, 3.63) is 173 Å². The molecule has 0 bridgehead atoms. The molecule has 0 spiro atoms. The van der Waals surface area contributed by atoms with Crippen LogP contribution in [0.3, 0.4) is 0 Å². The Balaban J connectivity index is 1.20. The molecule has 2 heterocycles. The summed E-state index contributed by atoms with van der Waals surface area (Å²) in [4.78, 5) is 60.4. The molecule has 2 N–H and O–H groups in total. The summed E-state index contributed by atoms with van der Waals surface area (Å²) in [6.45, 7) is 4.04. The number of anilines is 2. The van der Waals surface area contributed by atoms with Gasteiger partial charge in [0.1, 0.15) is 23.9 Å². The first-order chi connectivity index (χ1) is 28.1. The van der Waals surface area contributed by atoms with Gasteiger partial charge < -0.3 is 9.84 Å². The van der Waals surface area contributed by atoms with E-state index in [1.54, 1.807) is 66.7 Å². The highest BCUT2D eigenvalue weighted by Crippen LogP contribution is 2.65. The summed E-state index contributed by atoms with van der Waals surface area (Å²) in [6, 6.07) is 33.5. The second-order valence-corrected chi connectivity index (χ2v) is 15.6. The molecule has 5 aromatic carbocycles. The normalized spacial score (nSPS) is 24.9. The first-order valence-corrected chi connectivity index (χ1v) is 19.4. The van der Waals surface area contributed by atoms with Crippen LogP contribution >= 0.6 is 11.6 Å². The van der Waals surface area contributed by atoms with Crippen molar-refractivity contribution >= 4 is 52.7 Å². The van der Waals surface area contributed by atoms with E-state index in [9.17, 15) is 23.9 Å². The number of fused-ring (bicyclic) bond motifs is 4. The molecule has 2 aliphatic heterocycles. The molecule has 11 heteroatoms. The minimum atomic E-state index is -1.65. The first kappa shape index (κ1) is 37.1. The zero-order valence-electron chi connectivity index (χ0n) is 31.1. The Morgan fingerprint density at radius 1 is 0.862 bits per heavy atom. The summed E-state index contributed by atoms with van der Waals surface area (Å²) >= 11 is 6.41. The van der Waals surface area contributed by atoms with E-state index in [-0.39, 0.29) is 37.0 Å². The Bertz CT molecular complexity index is 2510. The standard InChI is InChI=1S/C47H37ClFN3O6/c1-2-27-8-18-33(19-9-27)51-43(54)37-23-22-35-38(41(37)45(51)56)25-39-44(55)52(50-32-16-14-31(49)15-17-32)46(57)47(39,29-10-12-30(48)13-11-29)42(35)36-21-20-34(24-40(36)53)58-26-28-6-4-3-5-7-28/h2-22,24,37-39,41-42,50,53H,1,23,25-26H2. The number of benzene rings is 5. The fraction of sp³-hybridized carbons (Fsp3) is 0.191. The van der Waals surface area contributed by atoms with E-state index in [2.05, 4.69) is 12.0 Å². The highest BCUT2D eigenvalue weighted by atomic mass is 35.5. The monoisotopic (exact) mass is 793 g/mol. The summed E-state index contributed by atoms with van der Waals surface area (Å²) in [5.41, 5.74) is 5.29. The average Bonchev–Trinajstić information content (AvgIpc) is 3.62. The smallest absolute Gasteiger partial charge is 0.260 e. The van der Waals surface area contributed by atoms with E-state index in [1.165, 1.54) is 35.2 Å². The van der Waals surface area contributed by atoms with Gasteiger partial charge in [0.15, 0.2) is 0 Å². The third-order valence-electron chi connectivity index (χ3n) is 12.2. The van der Waals surface area contributed by atoms with Crippen molar-refractivity contribution in [3.63, 3.8) is 0 Å². The van der Waals surface area contributed by atoms with E-state index in [1.807, 2.05) is 36.4 Å². The van der Waals surface area contributed by atoms with Crippen LogP contribution in [0.4, 0.5) is 15.8 Å². The largest absolute Gasteiger partial charge is 0.508 e. The first-order valence-electron chi connectivity index (χ1n) is 19.1. The van der Waals surface area contributed by atoms with Crippen LogP contribution in [0, 0.1) is 29.5 Å². The van der Waals surface area contributed by atoms with Crippen molar-refractivity contribution in [2.24, 2.45) is 23.7 Å². The lowest BCUT2D eigenvalue weighted by Crippen LogP contribution is -2.53. The maximum atomic E-state index is 15.4. The van der Waals surface area contributed by atoms with Crippen LogP contribution in [0.15, 0.2) is 140 Å². The number of phenols is 1. The van der Waals surface area contributed by atoms with Crippen molar-refractivity contribution in [1.29, 1.82) is 0 Å². The molecular weight excluding hydrogens is 757 g/mol. The number of rotatable bonds is 9. The lowest BCUT2D eigenvalue weighted by molar-refractivity contribution is -0.138. The molecule has 290 valence electrons. The third-order valence-corrected chi connectivity index (χ3v) is 12.5. The van der Waals surface area contributed by atoms with Gasteiger partial charge >= 0.3 is 0 Å². The molecule has 4 aliphatic rings. The van der Waals surface area contributed by atoms with Crippen molar-refractivity contribution < 1.29 is 33.4 Å². The number of halogens is 2. The Kier molecular flexibility index (Phi) is 9.24. The van der Waals surface area contributed by atoms with Crippen LogP contribution in [0.25, 0.3) is 6.08 Å². The summed E-state index contributed by atoms with van der Waals surface area (Å²) < 4.78 is 20.0. The molecule has 9 rings (SSSR count). The quantitative estimate of drug-likeness (QED) is 0.114. The molecule has 9 nitrogen and oxygen atoms in total. The minimum absolute atomic E-state index is 0.0552. The summed E-state index contributed by atoms with van der Waals surface area (Å²) in [5, 5.41) is 13.4. The second-order valence-electron chi connectivity index (χ2n) is 15.2. The summed E-state index contributed by atoms with van der Waals surface area (Å²) in [6.07, 6.45) is 3.86. The Morgan fingerprint density at radius 2 is 1.59 bits per heavy atom. The number of nitrogens with zero attached hydrogens (tertiary/aromatic N) is 2. The number of carbonyl (C=O) groups excluding carboxylic acids is 4. The number of hydrogen-bond acceptors (Lipinski definition) is 7. The topological polar surface area (TPSA) is 116 Å². The number of ether oxygens (including phenoxy) is 1. The zero-order chi connectivity index (χ0) is 40.3. The number of imide groups is 2. The molecule has 6 unspecified atom stereocenters. The predicted octanol–water partition coefficient (Wildman–Crippen LogP) is 8.60. The molecule has 5 aromatic rings. The van der Waals surface area contributed by atoms with Gasteiger partial charge in [-0.15, -0.1) is 0 Å². The molecule has 4 amide bonds. The molecule has 58 heavy (non-hydrogen) atoms. The van der Waals surface area contributed by atoms with E-state index in [0.717, 1.165) is 16.1 Å². The highest BCUT2D eigenvalue weighted by Gasteiger charge is 2.70. The Hall–Kier alpha value is -6.52. The number of hydrogen-bond donors (Lipinski definition) is 2. The van der Waals surface area contributed by atoms with Gasteiger partial charge in [-0.3, -0.25) is 29.5 Å². The fourth-order valence-corrected chi connectivity index (χ4v) is 9.74. The molecule has 1 saturated carbocycles. The molecule has 6 atom stereocenters. The number of hydrazine groups is 1. The molecule has 3 fully saturated rings. The predicted molar refractivity (Wildman–Crippen MR) is 217 cm³/mol. The summed E-state index contributed by atoms with van der Waals surface area (Å²) in [7, 11) is 0. The number of amides is 4. The maximum absolute atomic E-state index is 15.4. The molecular formula is C47H37ClFN3O6. The SMILES string of the molecule is C=Cc1ccc(N2C(=O)C3CC=C4C(CC5C(=O)N(Nc6ccc(F)cc6)C(=O)C5(c5ccc(Cl)cc5)C4c4ccc(OCc5ccccc5)cc4O)C3C2=O)cc1. The molecule has 2 saturated heterocycles. The number of aromatic hydroxyl groups is 1. The Morgan fingerprint density at radius 3 is 2.28 bits per heavy atom. The van der Waals surface area contributed by atoms with Crippen LogP contribution in [-0.2, 0) is 31.2 Å². The van der Waals surface area contributed by atoms with E-state index in [0.29, 0.717) is 38.8 Å². The second kappa shape index (κ2) is 14.5. The Labute approximate surface area is 339 Å². The van der Waals surface area contributed by atoms with Crippen LogP contribution in [0.2, 0.25) is 5.02 Å². The van der Waals surface area contributed by atoms with Crippen molar-refractivity contribution in [2.45, 2.75) is 30.8 Å². The van der Waals surface area contributed by atoms with Crippen LogP contribution in [0.1, 0.15) is 41.0 Å². The van der Waals surface area contributed by atoms with Gasteiger partial charge in [-0.2, -0.15) is 5.01 Å². The maximum Gasteiger partial charge on any atom is 0.260 e. The van der Waals surface area contributed by atoms with Crippen LogP contribution in [0.5, 0.6) is 11.5 Å². The van der Waals surface area contributed by atoms with Gasteiger partial charge in [-0.1, -0.05) is 96.6 Å². The molecule has 0 aromatic heterocycles. The van der Waals surface area contributed by atoms with Gasteiger partial charge in [0.05, 0.1) is 34.5 Å². The van der Waals surface area contributed by atoms with E-state index >= 15 is 4.79 Å². The van der Waals surface area contributed by atoms with Gasteiger partial charge in [0, 0.05) is 22.6 Å². The van der Waals surface area contributed by atoms with Crippen molar-refractivity contribution in [2.75, 3.05) is 10.3 Å². The average molecular weight is 794 g/mol. The van der Waals surface area contributed by atoms with Crippen molar-refractivity contribution in [1.82, 2.24) is 5.01 Å². The number of nitrogens with one attached hydrogen (secondary N) is 1. The van der Waals surface area contributed by atoms with Gasteiger partial charge in [0.25, 0.3) is 11.8 Å². The number of phenolic OH excluding ortho intramolecular Hbond substituents is 1. The van der Waals surface area contributed by atoms with Crippen LogP contribution < -0.4 is 15.1 Å². The van der Waals surface area contributed by atoms with E-state index in [4.69, 9.17) is 16.3 Å².